The molecule has 0 spiro atoms. The lowest BCUT2D eigenvalue weighted by Gasteiger charge is -2.42. The van der Waals surface area contributed by atoms with Crippen LogP contribution in [-0.2, 0) is 19.6 Å². The first-order valence-corrected chi connectivity index (χ1v) is 13.5. The first-order valence-electron chi connectivity index (χ1n) is 11.3. The Morgan fingerprint density at radius 3 is 2.32 bits per heavy atom. The van der Waals surface area contributed by atoms with Gasteiger partial charge in [-0.25, -0.2) is 8.42 Å². The molecule has 0 aliphatic carbocycles. The van der Waals surface area contributed by atoms with Gasteiger partial charge in [0.25, 0.3) is 0 Å². The van der Waals surface area contributed by atoms with Crippen LogP contribution in [-0.4, -0.2) is 69.5 Å². The molecule has 4 rings (SSSR count). The summed E-state index contributed by atoms with van der Waals surface area (Å²) in [4.78, 5) is 14.9. The fraction of sp³-hybridized carbons (Fsp3) is 0.458. The average Bonchev–Trinajstić information content (AvgIpc) is 2.86. The standard InChI is InChI=1S/C24H28Cl2N2O5S/c25-20-7-4-8-21(23(20)26)34(30,31)28-11-9-24(10-12-28,18-33-19-5-2-1-3-6-19)17-22(29)27-13-15-32-16-14-27/h1-8H,9-18H2. The SMILES string of the molecule is O=C(CC1(COc2ccccc2)CCN(S(=O)(=O)c2cccc(Cl)c2Cl)CC1)N1CCOCC1. The predicted octanol–water partition coefficient (Wildman–Crippen LogP) is 4.09. The summed E-state index contributed by atoms with van der Waals surface area (Å²) in [5, 5.41) is 0.220. The topological polar surface area (TPSA) is 76.2 Å². The van der Waals surface area contributed by atoms with Gasteiger partial charge >= 0.3 is 0 Å². The van der Waals surface area contributed by atoms with E-state index in [0.717, 1.165) is 5.75 Å². The maximum absolute atomic E-state index is 13.3. The Hall–Kier alpha value is -1.84. The highest BCUT2D eigenvalue weighted by atomic mass is 35.5. The first-order chi connectivity index (χ1) is 16.3. The molecule has 0 bridgehead atoms. The Kier molecular flexibility index (Phi) is 8.05. The number of halogens is 2. The second kappa shape index (κ2) is 10.8. The van der Waals surface area contributed by atoms with Gasteiger partial charge in [-0.2, -0.15) is 4.31 Å². The molecule has 2 aromatic carbocycles. The third-order valence-electron chi connectivity index (χ3n) is 6.50. The van der Waals surface area contributed by atoms with Gasteiger partial charge in [-0.1, -0.05) is 47.5 Å². The highest BCUT2D eigenvalue weighted by Gasteiger charge is 2.42. The largest absolute Gasteiger partial charge is 0.493 e. The number of para-hydroxylation sites is 1. The van der Waals surface area contributed by atoms with E-state index in [0.29, 0.717) is 52.2 Å². The van der Waals surface area contributed by atoms with Crippen molar-refractivity contribution in [2.75, 3.05) is 46.0 Å². The smallest absolute Gasteiger partial charge is 0.244 e. The lowest BCUT2D eigenvalue weighted by molar-refractivity contribution is -0.139. The number of carbonyl (C=O) groups is 1. The summed E-state index contributed by atoms with van der Waals surface area (Å²) in [6.07, 6.45) is 1.28. The van der Waals surface area contributed by atoms with Crippen LogP contribution in [0.3, 0.4) is 0 Å². The molecule has 0 aromatic heterocycles. The van der Waals surface area contributed by atoms with Crippen molar-refractivity contribution in [1.29, 1.82) is 0 Å². The first kappa shape index (κ1) is 25.3. The fourth-order valence-corrected chi connectivity index (χ4v) is 6.57. The molecular weight excluding hydrogens is 499 g/mol. The summed E-state index contributed by atoms with van der Waals surface area (Å²) in [5.74, 6) is 0.774. The molecule has 0 N–H and O–H groups in total. The Labute approximate surface area is 210 Å². The molecule has 7 nitrogen and oxygen atoms in total. The summed E-state index contributed by atoms with van der Waals surface area (Å²) < 4.78 is 39.4. The number of carbonyl (C=O) groups excluding carboxylic acids is 1. The molecule has 184 valence electrons. The Morgan fingerprint density at radius 2 is 1.65 bits per heavy atom. The fourth-order valence-electron chi connectivity index (χ4n) is 4.39. The minimum absolute atomic E-state index is 0.000838. The van der Waals surface area contributed by atoms with Crippen LogP contribution >= 0.6 is 23.2 Å². The molecule has 2 aliphatic rings. The number of amides is 1. The van der Waals surface area contributed by atoms with Gasteiger partial charge in [-0.15, -0.1) is 0 Å². The highest BCUT2D eigenvalue weighted by Crippen LogP contribution is 2.39. The molecule has 34 heavy (non-hydrogen) atoms. The van der Waals surface area contributed by atoms with Crippen LogP contribution in [0.5, 0.6) is 5.75 Å². The van der Waals surface area contributed by atoms with Crippen LogP contribution in [0, 0.1) is 5.41 Å². The molecule has 2 aliphatic heterocycles. The number of hydrogen-bond acceptors (Lipinski definition) is 5. The van der Waals surface area contributed by atoms with Gasteiger partial charge in [0.1, 0.15) is 10.6 Å². The number of piperidine rings is 1. The molecule has 0 unspecified atom stereocenters. The van der Waals surface area contributed by atoms with E-state index in [9.17, 15) is 13.2 Å². The van der Waals surface area contributed by atoms with Gasteiger partial charge in [0.15, 0.2) is 0 Å². The van der Waals surface area contributed by atoms with Crippen molar-refractivity contribution in [3.05, 3.63) is 58.6 Å². The van der Waals surface area contributed by atoms with Gasteiger partial charge in [-0.05, 0) is 37.1 Å². The summed E-state index contributed by atoms with van der Waals surface area (Å²) >= 11 is 12.3. The van der Waals surface area contributed by atoms with E-state index in [4.69, 9.17) is 32.7 Å². The van der Waals surface area contributed by atoms with Crippen LogP contribution in [0.15, 0.2) is 53.4 Å². The van der Waals surface area contributed by atoms with Gasteiger partial charge in [0.2, 0.25) is 15.9 Å². The number of ether oxygens (including phenoxy) is 2. The van der Waals surface area contributed by atoms with E-state index in [1.807, 2.05) is 35.2 Å². The van der Waals surface area contributed by atoms with E-state index in [1.165, 1.54) is 10.4 Å². The molecule has 0 radical (unpaired) electrons. The highest BCUT2D eigenvalue weighted by molar-refractivity contribution is 7.89. The quantitative estimate of drug-likeness (QED) is 0.542. The maximum Gasteiger partial charge on any atom is 0.244 e. The summed E-state index contributed by atoms with van der Waals surface area (Å²) in [5.41, 5.74) is -0.477. The van der Waals surface area contributed by atoms with Crippen molar-refractivity contribution >= 4 is 39.1 Å². The van der Waals surface area contributed by atoms with Crippen molar-refractivity contribution in [1.82, 2.24) is 9.21 Å². The monoisotopic (exact) mass is 526 g/mol. The Bertz CT molecular complexity index is 1100. The summed E-state index contributed by atoms with van der Waals surface area (Å²) in [6, 6.07) is 14.0. The number of hydrogen-bond donors (Lipinski definition) is 0. The molecule has 10 heteroatoms. The van der Waals surface area contributed by atoms with Crippen LogP contribution in [0.25, 0.3) is 0 Å². The van der Waals surface area contributed by atoms with Crippen molar-refractivity contribution in [3.63, 3.8) is 0 Å². The maximum atomic E-state index is 13.3. The lowest BCUT2D eigenvalue weighted by atomic mass is 9.76. The zero-order valence-electron chi connectivity index (χ0n) is 18.8. The van der Waals surface area contributed by atoms with Crippen LogP contribution in [0.2, 0.25) is 10.0 Å². The predicted molar refractivity (Wildman–Crippen MR) is 131 cm³/mol. The van der Waals surface area contributed by atoms with Gasteiger partial charge < -0.3 is 14.4 Å². The van der Waals surface area contributed by atoms with E-state index in [2.05, 4.69) is 0 Å². The molecule has 2 fully saturated rings. The number of rotatable bonds is 7. The number of sulfonamides is 1. The number of benzene rings is 2. The van der Waals surface area contributed by atoms with Crippen LogP contribution in [0.4, 0.5) is 0 Å². The van der Waals surface area contributed by atoms with Gasteiger partial charge in [0, 0.05) is 38.0 Å². The molecule has 0 saturated carbocycles. The van der Waals surface area contributed by atoms with Crippen LogP contribution in [0.1, 0.15) is 19.3 Å². The normalized spacial score (nSPS) is 19.1. The second-order valence-corrected chi connectivity index (χ2v) is 11.4. The Morgan fingerprint density at radius 1 is 0.971 bits per heavy atom. The zero-order valence-corrected chi connectivity index (χ0v) is 21.1. The average molecular weight is 527 g/mol. The van der Waals surface area contributed by atoms with E-state index in [-0.39, 0.29) is 33.9 Å². The van der Waals surface area contributed by atoms with E-state index >= 15 is 0 Å². The van der Waals surface area contributed by atoms with Crippen molar-refractivity contribution in [2.45, 2.75) is 24.2 Å². The van der Waals surface area contributed by atoms with Gasteiger partial charge in [-0.3, -0.25) is 4.79 Å². The molecule has 0 atom stereocenters. The van der Waals surface area contributed by atoms with Gasteiger partial charge in [0.05, 0.1) is 29.9 Å². The van der Waals surface area contributed by atoms with Crippen molar-refractivity contribution in [3.8, 4) is 5.75 Å². The van der Waals surface area contributed by atoms with E-state index in [1.54, 1.807) is 12.1 Å². The third-order valence-corrected chi connectivity index (χ3v) is 9.37. The summed E-state index contributed by atoms with van der Waals surface area (Å²) in [6.45, 7) is 3.07. The number of nitrogens with zero attached hydrogens (tertiary/aromatic N) is 2. The second-order valence-electron chi connectivity index (χ2n) is 8.73. The third kappa shape index (κ3) is 5.69. The minimum atomic E-state index is -3.82. The Balaban J connectivity index is 1.50. The zero-order chi connectivity index (χ0) is 24.2. The van der Waals surface area contributed by atoms with Crippen molar-refractivity contribution < 1.29 is 22.7 Å². The lowest BCUT2D eigenvalue weighted by Crippen LogP contribution is -2.49. The molecule has 1 amide bonds. The van der Waals surface area contributed by atoms with Crippen molar-refractivity contribution in [2.24, 2.45) is 5.41 Å². The molecular formula is C24H28Cl2N2O5S. The number of morpholine rings is 1. The molecule has 2 saturated heterocycles. The molecule has 2 aromatic rings. The summed E-state index contributed by atoms with van der Waals surface area (Å²) in [7, 11) is -3.82. The van der Waals surface area contributed by atoms with Crippen LogP contribution < -0.4 is 4.74 Å². The minimum Gasteiger partial charge on any atom is -0.493 e. The van der Waals surface area contributed by atoms with E-state index < -0.39 is 15.4 Å². The molecule has 2 heterocycles.